The summed E-state index contributed by atoms with van der Waals surface area (Å²) < 4.78 is 44.6. The summed E-state index contributed by atoms with van der Waals surface area (Å²) in [6, 6.07) is 3.25. The Morgan fingerprint density at radius 2 is 1.78 bits per heavy atom. The highest BCUT2D eigenvalue weighted by Crippen LogP contribution is 2.32. The summed E-state index contributed by atoms with van der Waals surface area (Å²) in [5, 5.41) is 13.9. The van der Waals surface area contributed by atoms with Gasteiger partial charge in [0.1, 0.15) is 17.9 Å². The number of benzene rings is 1. The Balaban J connectivity index is 1.22. The standard InChI is InChI=1S/C34H44F3N11O3/c1-4-26-29(44-15-16-45(22(3)19-44)27-18-39-47(30(27)50)24-7-5-6-8-24)31(51)48-33(41-32(42-48)43-13-11-38-12-14-43)46(26)20-28(49)40-25-10-9-23(17-21(25)2)34(35,36)37/h9-10,17-18,22,24,38-39H,4-8,11-16,19-20H2,1-3H3,(H,40,49)/t22-/m1/s1. The van der Waals surface area contributed by atoms with Crippen molar-refractivity contribution in [1.29, 1.82) is 0 Å². The van der Waals surface area contributed by atoms with E-state index in [0.717, 1.165) is 50.9 Å². The van der Waals surface area contributed by atoms with Gasteiger partial charge < -0.3 is 35.0 Å². The molecular weight excluding hydrogens is 667 g/mol. The number of hydrogen-bond acceptors (Lipinski definition) is 9. The molecule has 0 unspecified atom stereocenters. The number of carbonyl (C=O) groups excluding carboxylic acids is 1. The van der Waals surface area contributed by atoms with E-state index in [1.807, 2.05) is 23.6 Å². The lowest BCUT2D eigenvalue weighted by atomic mass is 10.1. The quantitative estimate of drug-likeness (QED) is 0.252. The first-order valence-electron chi connectivity index (χ1n) is 17.7. The van der Waals surface area contributed by atoms with Gasteiger partial charge in [0.2, 0.25) is 17.6 Å². The smallest absolute Gasteiger partial charge is 0.362 e. The zero-order valence-electron chi connectivity index (χ0n) is 29.1. The molecule has 51 heavy (non-hydrogen) atoms. The molecule has 3 aliphatic rings. The molecule has 1 aliphatic carbocycles. The molecule has 3 aromatic heterocycles. The van der Waals surface area contributed by atoms with Gasteiger partial charge in [-0.25, -0.2) is 4.68 Å². The van der Waals surface area contributed by atoms with Gasteiger partial charge in [-0.15, -0.1) is 5.10 Å². The van der Waals surface area contributed by atoms with Crippen molar-refractivity contribution in [1.82, 2.24) is 34.3 Å². The Morgan fingerprint density at radius 1 is 1.04 bits per heavy atom. The minimum Gasteiger partial charge on any atom is -0.362 e. The number of alkyl halides is 3. The van der Waals surface area contributed by atoms with Crippen LogP contribution in [0.4, 0.5) is 36.2 Å². The average molecular weight is 712 g/mol. The Bertz CT molecular complexity index is 2040. The number of aryl methyl sites for hydroxylation is 1. The van der Waals surface area contributed by atoms with Crippen LogP contribution in [0.15, 0.2) is 34.0 Å². The fraction of sp³-hybridized carbons (Fsp3) is 0.559. The van der Waals surface area contributed by atoms with Crippen LogP contribution in [-0.4, -0.2) is 86.7 Å². The molecule has 0 radical (unpaired) electrons. The van der Waals surface area contributed by atoms with Crippen LogP contribution in [0.1, 0.15) is 62.4 Å². The van der Waals surface area contributed by atoms with E-state index in [4.69, 9.17) is 4.98 Å². The van der Waals surface area contributed by atoms with Crippen LogP contribution in [0.5, 0.6) is 0 Å². The van der Waals surface area contributed by atoms with Gasteiger partial charge in [0.25, 0.3) is 11.1 Å². The van der Waals surface area contributed by atoms with Crippen molar-refractivity contribution in [3.63, 3.8) is 0 Å². The van der Waals surface area contributed by atoms with E-state index in [1.54, 1.807) is 15.4 Å². The second-order valence-corrected chi connectivity index (χ2v) is 13.7. The predicted molar refractivity (Wildman–Crippen MR) is 188 cm³/mol. The first kappa shape index (κ1) is 34.6. The zero-order chi connectivity index (χ0) is 36.0. The van der Waals surface area contributed by atoms with E-state index < -0.39 is 17.6 Å². The molecule has 17 heteroatoms. The van der Waals surface area contributed by atoms with Crippen LogP contribution in [0.3, 0.4) is 0 Å². The third kappa shape index (κ3) is 6.58. The lowest BCUT2D eigenvalue weighted by Gasteiger charge is -2.41. The third-order valence-corrected chi connectivity index (χ3v) is 10.4. The van der Waals surface area contributed by atoms with Gasteiger partial charge in [0.15, 0.2) is 0 Å². The van der Waals surface area contributed by atoms with Crippen LogP contribution < -0.4 is 36.5 Å². The fourth-order valence-corrected chi connectivity index (χ4v) is 7.76. The minimum atomic E-state index is -4.50. The molecule has 2 aliphatic heterocycles. The maximum Gasteiger partial charge on any atom is 0.416 e. The van der Waals surface area contributed by atoms with E-state index in [9.17, 15) is 27.6 Å². The topological polar surface area (TPSA) is 141 Å². The van der Waals surface area contributed by atoms with Crippen molar-refractivity contribution >= 4 is 34.7 Å². The van der Waals surface area contributed by atoms with Gasteiger partial charge in [-0.3, -0.25) is 14.4 Å². The van der Waals surface area contributed by atoms with Crippen LogP contribution in [-0.2, 0) is 23.9 Å². The number of anilines is 4. The minimum absolute atomic E-state index is 0.0300. The lowest BCUT2D eigenvalue weighted by molar-refractivity contribution is -0.137. The van der Waals surface area contributed by atoms with Crippen molar-refractivity contribution in [2.24, 2.45) is 0 Å². The van der Waals surface area contributed by atoms with Gasteiger partial charge >= 0.3 is 6.18 Å². The van der Waals surface area contributed by atoms with Gasteiger partial charge in [-0.2, -0.15) is 22.7 Å². The number of amides is 1. The molecule has 7 rings (SSSR count). The number of fused-ring (bicyclic) bond motifs is 1. The van der Waals surface area contributed by atoms with Crippen LogP contribution in [0.25, 0.3) is 5.78 Å². The molecule has 5 heterocycles. The molecule has 1 aromatic carbocycles. The van der Waals surface area contributed by atoms with Gasteiger partial charge in [-0.1, -0.05) is 19.8 Å². The number of hydrogen-bond donors (Lipinski definition) is 3. The molecule has 0 spiro atoms. The number of aromatic amines is 1. The van der Waals surface area contributed by atoms with Gasteiger partial charge in [0.05, 0.1) is 17.3 Å². The number of nitrogens with zero attached hydrogens (tertiary/aromatic N) is 8. The number of halogens is 3. The number of piperazine rings is 2. The molecule has 0 bridgehead atoms. The predicted octanol–water partition coefficient (Wildman–Crippen LogP) is 3.15. The largest absolute Gasteiger partial charge is 0.416 e. The maximum atomic E-state index is 14.4. The van der Waals surface area contributed by atoms with Crippen molar-refractivity contribution in [2.45, 2.75) is 77.7 Å². The van der Waals surface area contributed by atoms with Crippen LogP contribution in [0, 0.1) is 6.92 Å². The van der Waals surface area contributed by atoms with E-state index >= 15 is 0 Å². The van der Waals surface area contributed by atoms with Crippen molar-refractivity contribution in [2.75, 3.05) is 65.8 Å². The number of rotatable bonds is 8. The summed E-state index contributed by atoms with van der Waals surface area (Å²) in [6.45, 7) is 9.33. The number of nitrogens with one attached hydrogen (secondary N) is 3. The van der Waals surface area contributed by atoms with Gasteiger partial charge in [0, 0.05) is 63.7 Å². The molecular formula is C34H44F3N11O3. The average Bonchev–Trinajstić information content (AvgIpc) is 3.87. The summed E-state index contributed by atoms with van der Waals surface area (Å²) in [6.07, 6.45) is 1.87. The Kier molecular flexibility index (Phi) is 9.32. The number of aromatic nitrogens is 6. The highest BCUT2D eigenvalue weighted by molar-refractivity contribution is 5.91. The second-order valence-electron chi connectivity index (χ2n) is 13.7. The molecule has 2 saturated heterocycles. The molecule has 274 valence electrons. The molecule has 1 atom stereocenters. The summed E-state index contributed by atoms with van der Waals surface area (Å²) in [5.74, 6) is 0.101. The van der Waals surface area contributed by atoms with E-state index in [2.05, 4.69) is 25.7 Å². The molecule has 14 nitrogen and oxygen atoms in total. The molecule has 1 amide bonds. The molecule has 1 saturated carbocycles. The van der Waals surface area contributed by atoms with Crippen molar-refractivity contribution in [3.05, 3.63) is 61.9 Å². The molecule has 4 aromatic rings. The number of carbonyl (C=O) groups is 1. The summed E-state index contributed by atoms with van der Waals surface area (Å²) >= 11 is 0. The normalized spacial score (nSPS) is 19.0. The maximum absolute atomic E-state index is 14.4. The second kappa shape index (κ2) is 13.7. The highest BCUT2D eigenvalue weighted by Gasteiger charge is 2.34. The number of H-pyrrole nitrogens is 1. The first-order chi connectivity index (χ1) is 24.4. The summed E-state index contributed by atoms with van der Waals surface area (Å²) in [7, 11) is 0. The van der Waals surface area contributed by atoms with Crippen molar-refractivity contribution in [3.8, 4) is 0 Å². The third-order valence-electron chi connectivity index (χ3n) is 10.4. The monoisotopic (exact) mass is 711 g/mol. The highest BCUT2D eigenvalue weighted by atomic mass is 19.4. The first-order valence-corrected chi connectivity index (χ1v) is 17.7. The fourth-order valence-electron chi connectivity index (χ4n) is 7.76. The van der Waals surface area contributed by atoms with Crippen LogP contribution in [0.2, 0.25) is 0 Å². The Hall–Kier alpha value is -4.80. The molecule has 3 N–H and O–H groups in total. The SMILES string of the molecule is CCc1c(N2CCN(c3c[nH]n(C4CCCC4)c3=O)[C@H](C)C2)c(=O)n2nc(N3CCNCC3)nc2n1CC(=O)Nc1ccc(C(F)(F)F)cc1C. The van der Waals surface area contributed by atoms with Crippen LogP contribution >= 0.6 is 0 Å². The van der Waals surface area contributed by atoms with Gasteiger partial charge in [-0.05, 0) is 56.9 Å². The van der Waals surface area contributed by atoms with E-state index in [-0.39, 0.29) is 46.8 Å². The van der Waals surface area contributed by atoms with E-state index in [0.29, 0.717) is 62.2 Å². The Labute approximate surface area is 292 Å². The molecule has 3 fully saturated rings. The Morgan fingerprint density at radius 3 is 2.45 bits per heavy atom. The summed E-state index contributed by atoms with van der Waals surface area (Å²) in [4.78, 5) is 52.3. The summed E-state index contributed by atoms with van der Waals surface area (Å²) in [5.41, 5.74) is 0.966. The van der Waals surface area contributed by atoms with Crippen molar-refractivity contribution < 1.29 is 18.0 Å². The lowest BCUT2D eigenvalue weighted by Crippen LogP contribution is -2.55. The zero-order valence-corrected chi connectivity index (χ0v) is 29.1. The van der Waals surface area contributed by atoms with E-state index in [1.165, 1.54) is 17.5 Å².